The molecule has 0 bridgehead atoms. The van der Waals surface area contributed by atoms with Gasteiger partial charge in [-0.25, -0.2) is 4.98 Å². The van der Waals surface area contributed by atoms with Crippen LogP contribution in [-0.2, 0) is 16.1 Å². The van der Waals surface area contributed by atoms with Crippen LogP contribution in [0.25, 0.3) is 22.2 Å². The van der Waals surface area contributed by atoms with Crippen molar-refractivity contribution >= 4 is 57.6 Å². The summed E-state index contributed by atoms with van der Waals surface area (Å²) in [5.41, 5.74) is 6.17. The maximum atomic E-state index is 13.5. The number of amides is 1. The Balaban J connectivity index is 0. The molecule has 46 heavy (non-hydrogen) atoms. The fraction of sp³-hybridized carbons (Fsp3) is 0.382. The number of fused-ring (bicyclic) bond motifs is 1. The fourth-order valence-electron chi connectivity index (χ4n) is 3.46. The van der Waals surface area contributed by atoms with Gasteiger partial charge < -0.3 is 25.3 Å². The minimum Gasteiger partial charge on any atom is -0.495 e. The summed E-state index contributed by atoms with van der Waals surface area (Å²) in [7, 11) is 2.97. The van der Waals surface area contributed by atoms with Gasteiger partial charge in [-0.15, -0.1) is 0 Å². The minimum absolute atomic E-state index is 0. The predicted molar refractivity (Wildman–Crippen MR) is 193 cm³/mol. The molecular formula is C34H49Cl2N5O5. The highest BCUT2D eigenvalue weighted by molar-refractivity contribution is 6.41. The lowest BCUT2D eigenvalue weighted by Gasteiger charge is -2.16. The van der Waals surface area contributed by atoms with Crippen LogP contribution in [0.2, 0.25) is 10.0 Å². The molecule has 10 nitrogen and oxygen atoms in total. The van der Waals surface area contributed by atoms with Crippen molar-refractivity contribution in [2.75, 3.05) is 19.5 Å². The Morgan fingerprint density at radius 3 is 1.83 bits per heavy atom. The van der Waals surface area contributed by atoms with Crippen molar-refractivity contribution in [1.29, 1.82) is 0 Å². The van der Waals surface area contributed by atoms with E-state index in [1.54, 1.807) is 29.8 Å². The number of nitrogens with zero attached hydrogens (tertiary/aromatic N) is 3. The molecule has 0 aliphatic carbocycles. The van der Waals surface area contributed by atoms with E-state index in [0.717, 1.165) is 5.69 Å². The van der Waals surface area contributed by atoms with Gasteiger partial charge in [-0.05, 0) is 32.0 Å². The molecule has 0 fully saturated rings. The van der Waals surface area contributed by atoms with Gasteiger partial charge >= 0.3 is 0 Å². The van der Waals surface area contributed by atoms with Gasteiger partial charge in [0.15, 0.2) is 0 Å². The number of pyridine rings is 1. The summed E-state index contributed by atoms with van der Waals surface area (Å²) in [6.07, 6.45) is 2.32. The van der Waals surface area contributed by atoms with Gasteiger partial charge in [0.2, 0.25) is 11.9 Å². The number of aryl methyl sites for hydroxylation is 1. The van der Waals surface area contributed by atoms with Crippen LogP contribution in [0.3, 0.4) is 0 Å². The molecule has 4 rings (SSSR count). The van der Waals surface area contributed by atoms with E-state index in [1.165, 1.54) is 21.1 Å². The van der Waals surface area contributed by atoms with E-state index in [9.17, 15) is 14.4 Å². The molecule has 12 heteroatoms. The number of para-hydroxylation sites is 1. The molecular weight excluding hydrogens is 629 g/mol. The Morgan fingerprint density at radius 1 is 0.935 bits per heavy atom. The maximum absolute atomic E-state index is 13.5. The Kier molecular flexibility index (Phi) is 22.2. The SMILES string of the molecule is C.CC.CC.CC(N)=O.CCC(C)=O.CCn1c(=O)c(-c2c(Cl)c(OC)cc(OC)c2Cl)cc2cnc(Nc3ccccc3)nc21. The van der Waals surface area contributed by atoms with Crippen LogP contribution in [0.4, 0.5) is 11.6 Å². The van der Waals surface area contributed by atoms with Crippen LogP contribution in [0.1, 0.15) is 69.2 Å². The van der Waals surface area contributed by atoms with Gasteiger partial charge in [0, 0.05) is 48.8 Å². The van der Waals surface area contributed by atoms with E-state index >= 15 is 0 Å². The summed E-state index contributed by atoms with van der Waals surface area (Å²) in [5.74, 6) is 1.01. The van der Waals surface area contributed by atoms with Crippen molar-refractivity contribution in [3.63, 3.8) is 0 Å². The van der Waals surface area contributed by atoms with Crippen LogP contribution in [0, 0.1) is 0 Å². The predicted octanol–water partition coefficient (Wildman–Crippen LogP) is 8.71. The van der Waals surface area contributed by atoms with Crippen LogP contribution in [0.5, 0.6) is 11.5 Å². The van der Waals surface area contributed by atoms with Gasteiger partial charge in [-0.2, -0.15) is 4.98 Å². The Morgan fingerprint density at radius 2 is 1.41 bits per heavy atom. The standard InChI is InChI=1S/C23H20Cl2N4O3.C4H8O.C2H5NO.2C2H6.CH4/c1-4-29-21-13(12-26-23(28-21)27-14-8-6-5-7-9-14)10-15(22(29)30)18-19(24)16(31-2)11-17(32-3)20(18)25;1-3-4(2)5;1-2(3)4;2*1-2;/h5-12H,4H2,1-3H3,(H,26,27,28);3H2,1-2H3;1H3,(H2,3,4);2*1-2H3;1H4. The highest BCUT2D eigenvalue weighted by Crippen LogP contribution is 2.45. The first kappa shape index (κ1) is 44.0. The van der Waals surface area contributed by atoms with Crippen molar-refractivity contribution < 1.29 is 19.1 Å². The zero-order valence-electron chi connectivity index (χ0n) is 27.7. The van der Waals surface area contributed by atoms with E-state index in [1.807, 2.05) is 71.9 Å². The number of Topliss-reactive ketones (excluding diaryl/α,β-unsaturated/α-hetero) is 1. The van der Waals surface area contributed by atoms with Crippen molar-refractivity contribution in [3.8, 4) is 22.6 Å². The molecule has 254 valence electrons. The highest BCUT2D eigenvalue weighted by atomic mass is 35.5. The topological polar surface area (TPSA) is 138 Å². The van der Waals surface area contributed by atoms with Crippen LogP contribution < -0.4 is 26.1 Å². The van der Waals surface area contributed by atoms with Gasteiger partial charge in [0.25, 0.3) is 5.56 Å². The number of primary amides is 1. The van der Waals surface area contributed by atoms with Crippen molar-refractivity contribution in [3.05, 3.63) is 69.1 Å². The number of hydrogen-bond acceptors (Lipinski definition) is 8. The maximum Gasteiger partial charge on any atom is 0.260 e. The van der Waals surface area contributed by atoms with Crippen LogP contribution in [-0.4, -0.2) is 40.4 Å². The molecule has 0 saturated carbocycles. The Hall–Kier alpha value is -4.15. The number of carbonyl (C=O) groups is 2. The normalized spacial score (nSPS) is 9.22. The molecule has 0 unspecified atom stereocenters. The number of aromatic nitrogens is 3. The van der Waals surface area contributed by atoms with Crippen LogP contribution >= 0.6 is 23.2 Å². The van der Waals surface area contributed by atoms with Gasteiger partial charge in [-0.1, -0.05) is 83.4 Å². The number of benzene rings is 2. The van der Waals surface area contributed by atoms with E-state index in [4.69, 9.17) is 32.7 Å². The zero-order valence-corrected chi connectivity index (χ0v) is 29.3. The average Bonchev–Trinajstić information content (AvgIpc) is 3.04. The molecule has 0 radical (unpaired) electrons. The summed E-state index contributed by atoms with van der Waals surface area (Å²) < 4.78 is 12.3. The lowest BCUT2D eigenvalue weighted by Crippen LogP contribution is -2.22. The smallest absolute Gasteiger partial charge is 0.260 e. The largest absolute Gasteiger partial charge is 0.495 e. The average molecular weight is 679 g/mol. The summed E-state index contributed by atoms with van der Waals surface area (Å²) >= 11 is 13.1. The number of rotatable bonds is 7. The van der Waals surface area contributed by atoms with E-state index in [2.05, 4.69) is 21.0 Å². The van der Waals surface area contributed by atoms with Gasteiger partial charge in [0.05, 0.1) is 29.8 Å². The monoisotopic (exact) mass is 677 g/mol. The van der Waals surface area contributed by atoms with Crippen LogP contribution in [0.15, 0.2) is 53.5 Å². The number of ether oxygens (including phenoxy) is 2. The number of methoxy groups -OCH3 is 2. The third-order valence-corrected chi connectivity index (χ3v) is 6.26. The van der Waals surface area contributed by atoms with E-state index in [-0.39, 0.29) is 34.7 Å². The summed E-state index contributed by atoms with van der Waals surface area (Å²) in [5, 5.41) is 4.26. The molecule has 2 aromatic carbocycles. The molecule has 2 heterocycles. The first-order valence-corrected chi connectivity index (χ1v) is 15.3. The molecule has 4 aromatic rings. The molecule has 3 N–H and O–H groups in total. The first-order valence-electron chi connectivity index (χ1n) is 14.6. The van der Waals surface area contributed by atoms with Crippen molar-refractivity contribution in [1.82, 2.24) is 14.5 Å². The lowest BCUT2D eigenvalue weighted by molar-refractivity contribution is -0.117. The molecule has 0 saturated heterocycles. The summed E-state index contributed by atoms with van der Waals surface area (Å²) in [6, 6.07) is 12.8. The van der Waals surface area contributed by atoms with Crippen molar-refractivity contribution in [2.24, 2.45) is 5.73 Å². The summed E-state index contributed by atoms with van der Waals surface area (Å²) in [4.78, 5) is 41.5. The lowest BCUT2D eigenvalue weighted by atomic mass is 10.0. The second-order valence-corrected chi connectivity index (χ2v) is 9.28. The van der Waals surface area contributed by atoms with Gasteiger partial charge in [0.1, 0.15) is 22.9 Å². The molecule has 2 aromatic heterocycles. The van der Waals surface area contributed by atoms with E-state index < -0.39 is 0 Å². The molecule has 0 aliphatic rings. The molecule has 1 amide bonds. The Bertz CT molecular complexity index is 1550. The van der Waals surface area contributed by atoms with Crippen molar-refractivity contribution in [2.45, 2.75) is 75.8 Å². The number of ketones is 1. The molecule has 0 atom stereocenters. The Labute approximate surface area is 283 Å². The zero-order chi connectivity index (χ0) is 34.7. The van der Waals surface area contributed by atoms with Gasteiger partial charge in [-0.3, -0.25) is 14.2 Å². The quantitative estimate of drug-likeness (QED) is 0.198. The molecule has 0 spiro atoms. The number of anilines is 2. The number of nitrogens with two attached hydrogens (primary N) is 1. The minimum atomic E-state index is -0.333. The number of nitrogens with one attached hydrogen (secondary N) is 1. The highest BCUT2D eigenvalue weighted by Gasteiger charge is 2.23. The third kappa shape index (κ3) is 12.7. The third-order valence-electron chi connectivity index (χ3n) is 5.51. The second-order valence-electron chi connectivity index (χ2n) is 8.52. The fourth-order valence-corrected chi connectivity index (χ4v) is 4.17. The number of carbonyl (C=O) groups excluding carboxylic acids is 2. The second kappa shape index (κ2) is 23.2. The first-order chi connectivity index (χ1) is 21.5. The summed E-state index contributed by atoms with van der Waals surface area (Å²) in [6.45, 7) is 15.0. The van der Waals surface area contributed by atoms with E-state index in [0.29, 0.717) is 52.6 Å². The number of hydrogen-bond donors (Lipinski definition) is 2. The molecule has 0 aliphatic heterocycles. The number of halogens is 2.